The average Bonchev–Trinajstić information content (AvgIpc) is 2.44. The van der Waals surface area contributed by atoms with Gasteiger partial charge in [0.05, 0.1) is 19.8 Å². The Morgan fingerprint density at radius 1 is 1.38 bits per heavy atom. The number of carboxylic acid groups (broad SMARTS) is 1. The van der Waals surface area contributed by atoms with Crippen molar-refractivity contribution in [3.05, 3.63) is 29.8 Å². The third-order valence-electron chi connectivity index (χ3n) is 2.97. The fourth-order valence-electron chi connectivity index (χ4n) is 1.79. The van der Waals surface area contributed by atoms with Crippen LogP contribution in [0.15, 0.2) is 24.3 Å². The highest BCUT2D eigenvalue weighted by Gasteiger charge is 2.26. The third kappa shape index (κ3) is 4.64. The first-order chi connectivity index (χ1) is 9.86. The van der Waals surface area contributed by atoms with E-state index in [0.29, 0.717) is 5.75 Å². The lowest BCUT2D eigenvalue weighted by Crippen LogP contribution is -2.51. The van der Waals surface area contributed by atoms with E-state index < -0.39 is 24.1 Å². The number of carbonyl (C=O) groups excluding carboxylic acids is 1. The Balaban J connectivity index is 2.72. The normalized spacial score (nSPS) is 13.1. The smallest absolute Gasteiger partial charge is 0.328 e. The summed E-state index contributed by atoms with van der Waals surface area (Å²) in [6.07, 6.45) is -1.19. The molecule has 0 unspecified atom stereocenters. The maximum absolute atomic E-state index is 12.0. The third-order valence-corrected chi connectivity index (χ3v) is 2.97. The van der Waals surface area contributed by atoms with Gasteiger partial charge in [0.1, 0.15) is 5.75 Å². The zero-order valence-electron chi connectivity index (χ0n) is 12.2. The van der Waals surface area contributed by atoms with Crippen LogP contribution in [0.2, 0.25) is 0 Å². The summed E-state index contributed by atoms with van der Waals surface area (Å²) in [5.74, 6) is -0.647. The lowest BCUT2D eigenvalue weighted by atomic mass is 10.2. The van der Waals surface area contributed by atoms with E-state index in [1.165, 1.54) is 26.0 Å². The van der Waals surface area contributed by atoms with Gasteiger partial charge in [0, 0.05) is 12.6 Å². The van der Waals surface area contributed by atoms with Crippen LogP contribution in [0, 0.1) is 0 Å². The summed E-state index contributed by atoms with van der Waals surface area (Å²) < 4.78 is 5.19. The SMILES string of the molecule is COc1ccccc1CN(C)C(=O)N[C@H](C(=O)O)[C@@H](C)O. The molecule has 2 amide bonds. The molecule has 0 aliphatic heterocycles. The molecule has 1 rings (SSSR count). The lowest BCUT2D eigenvalue weighted by Gasteiger charge is -2.23. The molecule has 116 valence electrons. The van der Waals surface area contributed by atoms with Crippen LogP contribution < -0.4 is 10.1 Å². The van der Waals surface area contributed by atoms with Crippen LogP contribution >= 0.6 is 0 Å². The second-order valence-electron chi connectivity index (χ2n) is 4.67. The number of carbonyl (C=O) groups is 2. The lowest BCUT2D eigenvalue weighted by molar-refractivity contribution is -0.141. The predicted molar refractivity (Wildman–Crippen MR) is 76.1 cm³/mol. The first-order valence-electron chi connectivity index (χ1n) is 6.41. The van der Waals surface area contributed by atoms with Crippen molar-refractivity contribution in [2.45, 2.75) is 25.6 Å². The second kappa shape index (κ2) is 7.49. The first-order valence-corrected chi connectivity index (χ1v) is 6.41. The Hall–Kier alpha value is -2.28. The molecule has 0 spiro atoms. The summed E-state index contributed by atoms with van der Waals surface area (Å²) >= 11 is 0. The van der Waals surface area contributed by atoms with Gasteiger partial charge in [-0.3, -0.25) is 0 Å². The van der Waals surface area contributed by atoms with Crippen molar-refractivity contribution in [1.82, 2.24) is 10.2 Å². The number of amides is 2. The van der Waals surface area contributed by atoms with Crippen molar-refractivity contribution >= 4 is 12.0 Å². The second-order valence-corrected chi connectivity index (χ2v) is 4.67. The molecule has 7 nitrogen and oxygen atoms in total. The number of nitrogens with one attached hydrogen (secondary N) is 1. The minimum absolute atomic E-state index is 0.252. The average molecular weight is 296 g/mol. The monoisotopic (exact) mass is 296 g/mol. The van der Waals surface area contributed by atoms with E-state index in [4.69, 9.17) is 9.84 Å². The Morgan fingerprint density at radius 3 is 2.52 bits per heavy atom. The highest BCUT2D eigenvalue weighted by molar-refractivity contribution is 5.82. The number of methoxy groups -OCH3 is 1. The maximum Gasteiger partial charge on any atom is 0.328 e. The Labute approximate surface area is 123 Å². The molecule has 0 radical (unpaired) electrons. The van der Waals surface area contributed by atoms with Crippen molar-refractivity contribution in [2.24, 2.45) is 0 Å². The molecule has 7 heteroatoms. The van der Waals surface area contributed by atoms with Crippen LogP contribution in [-0.4, -0.2) is 53.4 Å². The number of benzene rings is 1. The van der Waals surface area contributed by atoms with Gasteiger partial charge in [0.25, 0.3) is 0 Å². The molecule has 0 bridgehead atoms. The molecule has 0 fully saturated rings. The van der Waals surface area contributed by atoms with Crippen LogP contribution in [-0.2, 0) is 11.3 Å². The molecular formula is C14H20N2O5. The van der Waals surface area contributed by atoms with E-state index >= 15 is 0 Å². The molecule has 0 saturated carbocycles. The number of para-hydroxylation sites is 1. The summed E-state index contributed by atoms with van der Waals surface area (Å²) in [4.78, 5) is 24.2. The topological polar surface area (TPSA) is 99.1 Å². The highest BCUT2D eigenvalue weighted by Crippen LogP contribution is 2.18. The van der Waals surface area contributed by atoms with Crippen LogP contribution in [0.1, 0.15) is 12.5 Å². The summed E-state index contributed by atoms with van der Waals surface area (Å²) in [6.45, 7) is 1.56. The fraction of sp³-hybridized carbons (Fsp3) is 0.429. The van der Waals surface area contributed by atoms with E-state index in [0.717, 1.165) is 5.56 Å². The molecular weight excluding hydrogens is 276 g/mol. The number of ether oxygens (including phenoxy) is 1. The van der Waals surface area contributed by atoms with Gasteiger partial charge in [-0.15, -0.1) is 0 Å². The number of urea groups is 1. The zero-order valence-corrected chi connectivity index (χ0v) is 12.2. The number of hydrogen-bond acceptors (Lipinski definition) is 4. The first kappa shape index (κ1) is 16.8. The number of nitrogens with zero attached hydrogens (tertiary/aromatic N) is 1. The van der Waals surface area contributed by atoms with E-state index in [-0.39, 0.29) is 6.54 Å². The molecule has 2 atom stereocenters. The van der Waals surface area contributed by atoms with Crippen LogP contribution in [0.25, 0.3) is 0 Å². The van der Waals surface area contributed by atoms with Crippen LogP contribution in [0.5, 0.6) is 5.75 Å². The van der Waals surface area contributed by atoms with E-state index in [1.54, 1.807) is 6.07 Å². The Kier molecular flexibility index (Phi) is 5.98. The summed E-state index contributed by atoms with van der Waals surface area (Å²) in [5, 5.41) is 20.6. The molecule has 1 aromatic carbocycles. The van der Waals surface area contributed by atoms with Gasteiger partial charge >= 0.3 is 12.0 Å². The number of aliphatic hydroxyl groups is 1. The van der Waals surface area contributed by atoms with Crippen molar-refractivity contribution < 1.29 is 24.5 Å². The summed E-state index contributed by atoms with van der Waals surface area (Å²) in [6, 6.07) is 5.28. The number of hydrogen-bond donors (Lipinski definition) is 3. The van der Waals surface area contributed by atoms with Crippen molar-refractivity contribution in [2.75, 3.05) is 14.2 Å². The number of aliphatic carboxylic acids is 1. The van der Waals surface area contributed by atoms with Crippen molar-refractivity contribution in [3.8, 4) is 5.75 Å². The molecule has 0 aliphatic carbocycles. The number of rotatable bonds is 6. The fourth-order valence-corrected chi connectivity index (χ4v) is 1.79. The van der Waals surface area contributed by atoms with Gasteiger partial charge in [-0.2, -0.15) is 0 Å². The van der Waals surface area contributed by atoms with E-state index in [9.17, 15) is 14.7 Å². The minimum atomic E-state index is -1.35. The van der Waals surface area contributed by atoms with Crippen LogP contribution in [0.3, 0.4) is 0 Å². The summed E-state index contributed by atoms with van der Waals surface area (Å²) in [7, 11) is 3.07. The van der Waals surface area contributed by atoms with Gasteiger partial charge in [-0.05, 0) is 13.0 Å². The molecule has 0 saturated heterocycles. The molecule has 0 aliphatic rings. The number of aliphatic hydroxyl groups excluding tert-OH is 1. The van der Waals surface area contributed by atoms with Gasteiger partial charge in [-0.25, -0.2) is 9.59 Å². The molecule has 3 N–H and O–H groups in total. The zero-order chi connectivity index (χ0) is 16.0. The standard InChI is InChI=1S/C14H20N2O5/c1-9(17)12(13(18)19)15-14(20)16(2)8-10-6-4-5-7-11(10)21-3/h4-7,9,12,17H,8H2,1-3H3,(H,15,20)(H,18,19)/t9-,12+/m1/s1. The highest BCUT2D eigenvalue weighted by atomic mass is 16.5. The quantitative estimate of drug-likeness (QED) is 0.716. The van der Waals surface area contributed by atoms with E-state index in [1.807, 2.05) is 18.2 Å². The van der Waals surface area contributed by atoms with Crippen molar-refractivity contribution in [3.63, 3.8) is 0 Å². The largest absolute Gasteiger partial charge is 0.496 e. The van der Waals surface area contributed by atoms with Crippen molar-refractivity contribution in [1.29, 1.82) is 0 Å². The molecule has 0 heterocycles. The van der Waals surface area contributed by atoms with Gasteiger partial charge in [0.2, 0.25) is 0 Å². The minimum Gasteiger partial charge on any atom is -0.496 e. The molecule has 1 aromatic rings. The Bertz CT molecular complexity index is 504. The van der Waals surface area contributed by atoms with E-state index in [2.05, 4.69) is 5.32 Å². The summed E-state index contributed by atoms with van der Waals surface area (Å²) in [5.41, 5.74) is 0.793. The number of carboxylic acids is 1. The van der Waals surface area contributed by atoms with Gasteiger partial charge < -0.3 is 25.2 Å². The maximum atomic E-state index is 12.0. The predicted octanol–water partition coefficient (Wildman–Crippen LogP) is 0.671. The molecule has 0 aromatic heterocycles. The van der Waals surface area contributed by atoms with Gasteiger partial charge in [0.15, 0.2) is 6.04 Å². The van der Waals surface area contributed by atoms with Gasteiger partial charge in [-0.1, -0.05) is 18.2 Å². The Morgan fingerprint density at radius 2 is 2.00 bits per heavy atom. The molecule has 21 heavy (non-hydrogen) atoms. The van der Waals surface area contributed by atoms with Crippen LogP contribution in [0.4, 0.5) is 4.79 Å².